The van der Waals surface area contributed by atoms with Gasteiger partial charge in [-0.3, -0.25) is 0 Å². The molecule has 1 saturated carbocycles. The second-order valence-electron chi connectivity index (χ2n) is 9.50. The van der Waals surface area contributed by atoms with Crippen LogP contribution in [0.3, 0.4) is 0 Å². The molecule has 2 N–H and O–H groups in total. The van der Waals surface area contributed by atoms with Crippen molar-refractivity contribution in [3.8, 4) is 0 Å². The Kier molecular flexibility index (Phi) is 11.4. The molecule has 0 bridgehead atoms. The Balaban J connectivity index is 2.71. The normalized spacial score (nSPS) is 21.6. The van der Waals surface area contributed by atoms with Crippen molar-refractivity contribution in [2.45, 2.75) is 106 Å². The van der Waals surface area contributed by atoms with Crippen LogP contribution in [0.25, 0.3) is 0 Å². The fourth-order valence-electron chi connectivity index (χ4n) is 5.56. The average Bonchev–Trinajstić information content (AvgIpc) is 2.53. The molecule has 1 fully saturated rings. The third kappa shape index (κ3) is 7.24. The topological polar surface area (TPSA) is 26.0 Å². The molecule has 0 aromatic heterocycles. The monoisotopic (exact) mass is 351 g/mol. The van der Waals surface area contributed by atoms with E-state index in [1.165, 1.54) is 64.2 Å². The van der Waals surface area contributed by atoms with Crippen LogP contribution in [0, 0.1) is 41.4 Å². The molecular weight excluding hydrogens is 302 g/mol. The third-order valence-corrected chi connectivity index (χ3v) is 7.63. The van der Waals surface area contributed by atoms with Gasteiger partial charge in [-0.1, -0.05) is 86.5 Å². The minimum atomic E-state index is 0.834. The van der Waals surface area contributed by atoms with Crippen molar-refractivity contribution in [1.29, 1.82) is 0 Å². The van der Waals surface area contributed by atoms with Crippen LogP contribution in [0.4, 0.5) is 0 Å². The van der Waals surface area contributed by atoms with E-state index in [1.807, 2.05) is 0 Å². The quantitative estimate of drug-likeness (QED) is 0.349. The highest BCUT2D eigenvalue weighted by Gasteiger charge is 2.33. The highest BCUT2D eigenvalue weighted by molar-refractivity contribution is 4.83. The van der Waals surface area contributed by atoms with Crippen LogP contribution in [0.2, 0.25) is 0 Å². The summed E-state index contributed by atoms with van der Waals surface area (Å²) in [4.78, 5) is 0. The van der Waals surface area contributed by atoms with Crippen LogP contribution < -0.4 is 5.73 Å². The van der Waals surface area contributed by atoms with Gasteiger partial charge in [-0.15, -0.1) is 0 Å². The highest BCUT2D eigenvalue weighted by atomic mass is 14.5. The van der Waals surface area contributed by atoms with Gasteiger partial charge in [0, 0.05) is 0 Å². The molecule has 0 radical (unpaired) electrons. The molecule has 5 unspecified atom stereocenters. The Hall–Kier alpha value is -0.0400. The molecule has 5 atom stereocenters. The Bertz CT molecular complexity index is 320. The smallest absolute Gasteiger partial charge is 0.00745 e. The summed E-state index contributed by atoms with van der Waals surface area (Å²) in [6.45, 7) is 15.5. The molecular formula is C24H49N. The number of rotatable bonds is 14. The lowest BCUT2D eigenvalue weighted by Crippen LogP contribution is -2.31. The Morgan fingerprint density at radius 2 is 1.56 bits per heavy atom. The summed E-state index contributed by atoms with van der Waals surface area (Å²) in [6.07, 6.45) is 14.0. The van der Waals surface area contributed by atoms with Gasteiger partial charge in [0.2, 0.25) is 0 Å². The molecule has 1 nitrogen and oxygen atoms in total. The summed E-state index contributed by atoms with van der Waals surface area (Å²) < 4.78 is 0. The number of nitrogens with two attached hydrogens (primary N) is 1. The van der Waals surface area contributed by atoms with Crippen molar-refractivity contribution >= 4 is 0 Å². The van der Waals surface area contributed by atoms with Crippen molar-refractivity contribution in [1.82, 2.24) is 0 Å². The molecule has 1 aliphatic carbocycles. The van der Waals surface area contributed by atoms with Crippen LogP contribution in [0.5, 0.6) is 0 Å². The first-order valence-electron chi connectivity index (χ1n) is 11.7. The zero-order chi connectivity index (χ0) is 18.8. The average molecular weight is 352 g/mol. The standard InChI is InChI=1S/C24H49N/c1-7-11-23(21(9-3)14-15-25)16-20(8-2)17-24(18(4)5)19(6)22-12-10-13-22/h18-24H,7-17,25H2,1-6H3. The molecule has 0 aromatic carbocycles. The maximum absolute atomic E-state index is 5.92. The lowest BCUT2D eigenvalue weighted by Gasteiger charge is -2.40. The molecule has 0 aliphatic heterocycles. The van der Waals surface area contributed by atoms with E-state index in [-0.39, 0.29) is 0 Å². The lowest BCUT2D eigenvalue weighted by molar-refractivity contribution is 0.0986. The Morgan fingerprint density at radius 3 is 1.96 bits per heavy atom. The minimum absolute atomic E-state index is 0.834. The van der Waals surface area contributed by atoms with Gasteiger partial charge >= 0.3 is 0 Å². The minimum Gasteiger partial charge on any atom is -0.330 e. The van der Waals surface area contributed by atoms with E-state index in [4.69, 9.17) is 5.73 Å². The molecule has 1 heteroatoms. The summed E-state index contributed by atoms with van der Waals surface area (Å²) in [5.41, 5.74) is 5.92. The van der Waals surface area contributed by atoms with Crippen molar-refractivity contribution in [3.63, 3.8) is 0 Å². The summed E-state index contributed by atoms with van der Waals surface area (Å²) in [5.74, 6) is 6.37. The van der Waals surface area contributed by atoms with E-state index in [0.717, 1.165) is 48.0 Å². The second kappa shape index (κ2) is 12.4. The fourth-order valence-corrected chi connectivity index (χ4v) is 5.56. The van der Waals surface area contributed by atoms with E-state index < -0.39 is 0 Å². The summed E-state index contributed by atoms with van der Waals surface area (Å²) >= 11 is 0. The lowest BCUT2D eigenvalue weighted by atomic mass is 9.65. The molecule has 0 saturated heterocycles. The molecule has 25 heavy (non-hydrogen) atoms. The van der Waals surface area contributed by atoms with Crippen LogP contribution in [0.15, 0.2) is 0 Å². The Morgan fingerprint density at radius 1 is 0.880 bits per heavy atom. The molecule has 1 aliphatic rings. The molecule has 1 rings (SSSR count). The van der Waals surface area contributed by atoms with Crippen molar-refractivity contribution < 1.29 is 0 Å². The van der Waals surface area contributed by atoms with Crippen molar-refractivity contribution in [2.24, 2.45) is 47.2 Å². The van der Waals surface area contributed by atoms with Crippen LogP contribution in [-0.2, 0) is 0 Å². The maximum atomic E-state index is 5.92. The summed E-state index contributed by atoms with van der Waals surface area (Å²) in [7, 11) is 0. The molecule has 0 spiro atoms. The SMILES string of the molecule is CCCC(CC(CC)CC(C(C)C)C(C)C1CCC1)C(CC)CCN. The van der Waals surface area contributed by atoms with Gasteiger partial charge in [-0.05, 0) is 67.2 Å². The zero-order valence-electron chi connectivity index (χ0n) is 18.4. The first-order valence-corrected chi connectivity index (χ1v) is 11.7. The fraction of sp³-hybridized carbons (Fsp3) is 1.00. The van der Waals surface area contributed by atoms with Gasteiger partial charge in [0.25, 0.3) is 0 Å². The van der Waals surface area contributed by atoms with Gasteiger partial charge in [-0.2, -0.15) is 0 Å². The van der Waals surface area contributed by atoms with Gasteiger partial charge in [0.15, 0.2) is 0 Å². The van der Waals surface area contributed by atoms with Crippen molar-refractivity contribution in [2.75, 3.05) is 6.54 Å². The molecule has 0 aromatic rings. The predicted octanol–water partition coefficient (Wildman–Crippen LogP) is 7.29. The van der Waals surface area contributed by atoms with Gasteiger partial charge < -0.3 is 5.73 Å². The predicted molar refractivity (Wildman–Crippen MR) is 114 cm³/mol. The Labute approximate surface area is 159 Å². The van der Waals surface area contributed by atoms with Gasteiger partial charge in [0.1, 0.15) is 0 Å². The maximum Gasteiger partial charge on any atom is -0.00745 e. The van der Waals surface area contributed by atoms with Gasteiger partial charge in [0.05, 0.1) is 0 Å². The van der Waals surface area contributed by atoms with Crippen LogP contribution in [0.1, 0.15) is 106 Å². The first-order chi connectivity index (χ1) is 12.0. The molecule has 0 amide bonds. The van der Waals surface area contributed by atoms with E-state index in [0.29, 0.717) is 0 Å². The summed E-state index contributed by atoms with van der Waals surface area (Å²) in [6, 6.07) is 0. The highest BCUT2D eigenvalue weighted by Crippen LogP contribution is 2.43. The molecule has 0 heterocycles. The summed E-state index contributed by atoms with van der Waals surface area (Å²) in [5, 5.41) is 0. The van der Waals surface area contributed by atoms with E-state index >= 15 is 0 Å². The first kappa shape index (κ1) is 23.0. The molecule has 150 valence electrons. The number of hydrogen-bond acceptors (Lipinski definition) is 1. The van der Waals surface area contributed by atoms with Crippen LogP contribution >= 0.6 is 0 Å². The number of hydrogen-bond donors (Lipinski definition) is 1. The largest absolute Gasteiger partial charge is 0.330 e. The van der Waals surface area contributed by atoms with E-state index in [1.54, 1.807) is 0 Å². The van der Waals surface area contributed by atoms with Gasteiger partial charge in [-0.25, -0.2) is 0 Å². The second-order valence-corrected chi connectivity index (χ2v) is 9.50. The zero-order valence-corrected chi connectivity index (χ0v) is 18.4. The third-order valence-electron chi connectivity index (χ3n) is 7.63. The van der Waals surface area contributed by atoms with E-state index in [9.17, 15) is 0 Å². The van der Waals surface area contributed by atoms with Crippen molar-refractivity contribution in [3.05, 3.63) is 0 Å². The van der Waals surface area contributed by atoms with Crippen LogP contribution in [-0.4, -0.2) is 6.54 Å². The van der Waals surface area contributed by atoms with E-state index in [2.05, 4.69) is 41.5 Å².